The Morgan fingerprint density at radius 3 is 2.42 bits per heavy atom. The number of benzene rings is 1. The number of hydrogen-bond donors (Lipinski definition) is 2. The molecular formula is C18H17F4N5O3S. The molecule has 0 amide bonds. The normalized spacial score (nSPS) is 16.2. The number of rotatable bonds is 3. The van der Waals surface area contributed by atoms with Gasteiger partial charge in [-0.2, -0.15) is 22.6 Å². The van der Waals surface area contributed by atoms with Crippen molar-refractivity contribution < 1.29 is 31.1 Å². The van der Waals surface area contributed by atoms with Crippen LogP contribution in [0.4, 0.5) is 23.4 Å². The number of nitrogens with one attached hydrogen (secondary N) is 1. The molecule has 1 aliphatic heterocycles. The molecule has 0 radical (unpaired) electrons. The zero-order chi connectivity index (χ0) is 22.6. The maximum Gasteiger partial charge on any atom is 0.419 e. The van der Waals surface area contributed by atoms with Crippen LogP contribution >= 0.6 is 0 Å². The number of alkyl halides is 3. The first-order valence-corrected chi connectivity index (χ1v) is 11.0. The maximum atomic E-state index is 13.7. The number of halogens is 4. The quantitative estimate of drug-likeness (QED) is 0.584. The first kappa shape index (κ1) is 21.3. The average Bonchev–Trinajstić information content (AvgIpc) is 3.11. The van der Waals surface area contributed by atoms with E-state index in [1.54, 1.807) is 12.1 Å². The fraction of sp³-hybridized carbons (Fsp3) is 0.333. The first-order valence-electron chi connectivity index (χ1n) is 9.10. The number of H-pyrrole nitrogens is 1. The third-order valence-corrected chi connectivity index (χ3v) is 6.38. The molecular weight excluding hydrogens is 442 g/mol. The molecule has 1 aromatic carbocycles. The van der Waals surface area contributed by atoms with E-state index in [1.165, 1.54) is 4.31 Å². The van der Waals surface area contributed by atoms with E-state index in [4.69, 9.17) is 0 Å². The van der Waals surface area contributed by atoms with Crippen molar-refractivity contribution in [3.63, 3.8) is 0 Å². The summed E-state index contributed by atoms with van der Waals surface area (Å²) in [7, 11) is -3.27. The largest absolute Gasteiger partial charge is 0.505 e. The molecule has 3 aromatic rings. The molecule has 13 heteroatoms. The summed E-state index contributed by atoms with van der Waals surface area (Å²) in [6, 6.07) is 4.71. The van der Waals surface area contributed by atoms with Crippen molar-refractivity contribution in [1.82, 2.24) is 19.5 Å². The average molecular weight is 459 g/mol. The number of phenols is 1. The zero-order valence-corrected chi connectivity index (χ0v) is 16.9. The number of aromatic nitrogens is 3. The zero-order valence-electron chi connectivity index (χ0n) is 16.1. The number of piperazine rings is 1. The van der Waals surface area contributed by atoms with Crippen LogP contribution in [-0.2, 0) is 16.2 Å². The highest BCUT2D eigenvalue weighted by atomic mass is 32.2. The van der Waals surface area contributed by atoms with Crippen LogP contribution in [0.3, 0.4) is 0 Å². The molecule has 1 saturated heterocycles. The van der Waals surface area contributed by atoms with Crippen LogP contribution in [0, 0.1) is 5.82 Å². The van der Waals surface area contributed by atoms with Gasteiger partial charge >= 0.3 is 6.18 Å². The fourth-order valence-corrected chi connectivity index (χ4v) is 4.32. The van der Waals surface area contributed by atoms with Crippen molar-refractivity contribution in [2.75, 3.05) is 37.3 Å². The van der Waals surface area contributed by atoms with E-state index in [1.807, 2.05) is 4.90 Å². The second-order valence-electron chi connectivity index (χ2n) is 7.14. The number of pyridine rings is 1. The number of nitrogens with zero attached hydrogens (tertiary/aromatic N) is 4. The van der Waals surface area contributed by atoms with E-state index in [9.17, 15) is 31.1 Å². The smallest absolute Gasteiger partial charge is 0.419 e. The standard InChI is InChI=1S/C18H17F4N5O3S/c1-31(29,30)27-6-4-26(5-7-27)14-3-2-11-16(24-25-17(11)23-14)10-8-12(18(20,21)22)15(19)13(28)9-10/h2-3,8-9,28H,4-7H2,1H3,(H,23,24,25). The highest BCUT2D eigenvalue weighted by molar-refractivity contribution is 7.88. The molecule has 0 aliphatic carbocycles. The monoisotopic (exact) mass is 459 g/mol. The van der Waals surface area contributed by atoms with Gasteiger partial charge in [-0.1, -0.05) is 0 Å². The van der Waals surface area contributed by atoms with Crippen LogP contribution in [0.5, 0.6) is 5.75 Å². The Morgan fingerprint density at radius 1 is 1.13 bits per heavy atom. The second-order valence-corrected chi connectivity index (χ2v) is 9.12. The van der Waals surface area contributed by atoms with Crippen LogP contribution in [0.25, 0.3) is 22.3 Å². The number of fused-ring (bicyclic) bond motifs is 1. The highest BCUT2D eigenvalue weighted by Gasteiger charge is 2.36. The number of phenolic OH excluding ortho intramolecular Hbond substituents is 1. The van der Waals surface area contributed by atoms with Crippen LogP contribution < -0.4 is 4.90 Å². The molecule has 166 valence electrons. The van der Waals surface area contributed by atoms with Gasteiger partial charge in [-0.25, -0.2) is 17.8 Å². The number of aromatic hydroxyl groups is 1. The minimum atomic E-state index is -4.98. The van der Waals surface area contributed by atoms with Gasteiger partial charge in [0.15, 0.2) is 17.2 Å². The molecule has 0 saturated carbocycles. The van der Waals surface area contributed by atoms with Gasteiger partial charge in [0.1, 0.15) is 11.5 Å². The van der Waals surface area contributed by atoms with Gasteiger partial charge in [-0.05, 0) is 24.3 Å². The topological polar surface area (TPSA) is 102 Å². The lowest BCUT2D eigenvalue weighted by Crippen LogP contribution is -2.48. The minimum absolute atomic E-state index is 0.0803. The summed E-state index contributed by atoms with van der Waals surface area (Å²) < 4.78 is 77.6. The molecule has 0 spiro atoms. The number of anilines is 1. The van der Waals surface area contributed by atoms with E-state index in [2.05, 4.69) is 15.2 Å². The lowest BCUT2D eigenvalue weighted by molar-refractivity contribution is -0.140. The lowest BCUT2D eigenvalue weighted by Gasteiger charge is -2.33. The molecule has 31 heavy (non-hydrogen) atoms. The minimum Gasteiger partial charge on any atom is -0.505 e. The predicted octanol–water partition coefficient (Wildman–Crippen LogP) is 2.57. The van der Waals surface area contributed by atoms with Gasteiger partial charge in [-0.15, -0.1) is 0 Å². The third kappa shape index (κ3) is 4.02. The Morgan fingerprint density at radius 2 is 1.81 bits per heavy atom. The van der Waals surface area contributed by atoms with Crippen LogP contribution in [0.2, 0.25) is 0 Å². The summed E-state index contributed by atoms with van der Waals surface area (Å²) in [6.45, 7) is 1.46. The van der Waals surface area contributed by atoms with Crippen molar-refractivity contribution in [3.05, 3.63) is 35.6 Å². The molecule has 2 aromatic heterocycles. The molecule has 1 aliphatic rings. The van der Waals surface area contributed by atoms with E-state index in [0.29, 0.717) is 43.4 Å². The van der Waals surface area contributed by atoms with E-state index in [0.717, 1.165) is 12.3 Å². The molecule has 0 bridgehead atoms. The van der Waals surface area contributed by atoms with Crippen molar-refractivity contribution in [2.24, 2.45) is 0 Å². The van der Waals surface area contributed by atoms with Gasteiger partial charge in [0.05, 0.1) is 11.8 Å². The predicted molar refractivity (Wildman–Crippen MR) is 105 cm³/mol. The van der Waals surface area contributed by atoms with Crippen LogP contribution in [0.15, 0.2) is 24.3 Å². The Bertz CT molecular complexity index is 1250. The molecule has 0 unspecified atom stereocenters. The number of sulfonamides is 1. The SMILES string of the molecule is CS(=O)(=O)N1CCN(c2ccc3c(-c4cc(O)c(F)c(C(F)(F)F)c4)n[nH]c3n2)CC1. The Hall–Kier alpha value is -2.93. The van der Waals surface area contributed by atoms with E-state index < -0.39 is 33.3 Å². The van der Waals surface area contributed by atoms with E-state index in [-0.39, 0.29) is 16.9 Å². The summed E-state index contributed by atoms with van der Waals surface area (Å²) in [5.41, 5.74) is -1.34. The van der Waals surface area contributed by atoms with Gasteiger partial charge in [0, 0.05) is 37.1 Å². The Balaban J connectivity index is 1.66. The van der Waals surface area contributed by atoms with Crippen molar-refractivity contribution >= 4 is 26.9 Å². The summed E-state index contributed by atoms with van der Waals surface area (Å²) in [4.78, 5) is 6.31. The molecule has 3 heterocycles. The van der Waals surface area contributed by atoms with Crippen molar-refractivity contribution in [3.8, 4) is 17.0 Å². The van der Waals surface area contributed by atoms with Crippen LogP contribution in [0.1, 0.15) is 5.56 Å². The van der Waals surface area contributed by atoms with Crippen LogP contribution in [-0.4, -0.2) is 65.4 Å². The fourth-order valence-electron chi connectivity index (χ4n) is 3.49. The highest BCUT2D eigenvalue weighted by Crippen LogP contribution is 2.39. The summed E-state index contributed by atoms with van der Waals surface area (Å²) >= 11 is 0. The molecule has 2 N–H and O–H groups in total. The molecule has 8 nitrogen and oxygen atoms in total. The second kappa shape index (κ2) is 7.34. The summed E-state index contributed by atoms with van der Waals surface area (Å²) in [5, 5.41) is 16.6. The summed E-state index contributed by atoms with van der Waals surface area (Å²) in [6.07, 6.45) is -3.83. The van der Waals surface area contributed by atoms with E-state index >= 15 is 0 Å². The number of aromatic amines is 1. The van der Waals surface area contributed by atoms with Gasteiger partial charge < -0.3 is 10.0 Å². The van der Waals surface area contributed by atoms with Crippen molar-refractivity contribution in [2.45, 2.75) is 6.18 Å². The molecule has 0 atom stereocenters. The lowest BCUT2D eigenvalue weighted by atomic mass is 10.0. The molecule has 4 rings (SSSR count). The third-order valence-electron chi connectivity index (χ3n) is 5.07. The maximum absolute atomic E-state index is 13.7. The summed E-state index contributed by atoms with van der Waals surface area (Å²) in [5.74, 6) is -2.33. The van der Waals surface area contributed by atoms with Crippen molar-refractivity contribution in [1.29, 1.82) is 0 Å². The van der Waals surface area contributed by atoms with Gasteiger partial charge in [0.2, 0.25) is 10.0 Å². The molecule has 1 fully saturated rings. The first-order chi connectivity index (χ1) is 14.4. The Kier molecular flexibility index (Phi) is 5.04. The Labute approximate surface area is 174 Å². The van der Waals surface area contributed by atoms with Gasteiger partial charge in [0.25, 0.3) is 0 Å². The van der Waals surface area contributed by atoms with Gasteiger partial charge in [-0.3, -0.25) is 5.10 Å². The number of hydrogen-bond acceptors (Lipinski definition) is 6.